The molecule has 1 aromatic rings. The number of carbonyl (C=O) groups is 3. The summed E-state index contributed by atoms with van der Waals surface area (Å²) < 4.78 is 5.03. The summed E-state index contributed by atoms with van der Waals surface area (Å²) in [5.74, 6) is 1.33. The number of piperidine rings is 1. The second-order valence-corrected chi connectivity index (χ2v) is 7.98. The molecule has 1 aromatic heterocycles. The van der Waals surface area contributed by atoms with Gasteiger partial charge in [-0.25, -0.2) is 4.79 Å². The van der Waals surface area contributed by atoms with Gasteiger partial charge in [0.15, 0.2) is 5.69 Å². The van der Waals surface area contributed by atoms with Crippen molar-refractivity contribution >= 4 is 17.8 Å². The molecule has 0 radical (unpaired) electrons. The van der Waals surface area contributed by atoms with Gasteiger partial charge in [-0.05, 0) is 31.6 Å². The number of hydrogen-bond acceptors (Lipinski definition) is 5. The monoisotopic (exact) mass is 389 g/mol. The van der Waals surface area contributed by atoms with Crippen LogP contribution in [0.15, 0.2) is 10.6 Å². The number of hydrogen-bond donors (Lipinski definition) is 1. The molecule has 3 fully saturated rings. The third-order valence-electron chi connectivity index (χ3n) is 6.17. The van der Waals surface area contributed by atoms with E-state index in [0.29, 0.717) is 75.5 Å². The maximum Gasteiger partial charge on any atom is 0.317 e. The van der Waals surface area contributed by atoms with Crippen LogP contribution in [0.5, 0.6) is 0 Å². The Morgan fingerprint density at radius 1 is 1.18 bits per heavy atom. The van der Waals surface area contributed by atoms with Gasteiger partial charge in [-0.2, -0.15) is 0 Å². The van der Waals surface area contributed by atoms with Crippen LogP contribution in [0.1, 0.15) is 35.5 Å². The quantitative estimate of drug-likeness (QED) is 0.818. The van der Waals surface area contributed by atoms with E-state index in [0.717, 1.165) is 12.8 Å². The van der Waals surface area contributed by atoms with Crippen LogP contribution in [0.4, 0.5) is 4.79 Å². The van der Waals surface area contributed by atoms with E-state index in [1.165, 1.54) is 0 Å². The molecule has 2 atom stereocenters. The summed E-state index contributed by atoms with van der Waals surface area (Å²) in [5, 5.41) is 6.63. The molecule has 0 spiro atoms. The summed E-state index contributed by atoms with van der Waals surface area (Å²) in [5.41, 5.74) is 0.353. The van der Waals surface area contributed by atoms with Crippen molar-refractivity contribution in [1.82, 2.24) is 25.2 Å². The van der Waals surface area contributed by atoms with Crippen LogP contribution >= 0.6 is 0 Å². The highest BCUT2D eigenvalue weighted by Gasteiger charge is 2.37. The summed E-state index contributed by atoms with van der Waals surface area (Å²) in [6.45, 7) is 6.28. The Morgan fingerprint density at radius 2 is 1.96 bits per heavy atom. The summed E-state index contributed by atoms with van der Waals surface area (Å²) in [6.07, 6.45) is 2.24. The van der Waals surface area contributed by atoms with Gasteiger partial charge in [-0.1, -0.05) is 5.16 Å². The van der Waals surface area contributed by atoms with Gasteiger partial charge in [-0.15, -0.1) is 0 Å². The topological polar surface area (TPSA) is 99.0 Å². The average Bonchev–Trinajstić information content (AvgIpc) is 3.26. The molecule has 28 heavy (non-hydrogen) atoms. The largest absolute Gasteiger partial charge is 0.361 e. The molecule has 0 aliphatic carbocycles. The van der Waals surface area contributed by atoms with E-state index in [2.05, 4.69) is 10.5 Å². The van der Waals surface area contributed by atoms with Gasteiger partial charge in [-0.3, -0.25) is 9.59 Å². The van der Waals surface area contributed by atoms with Crippen LogP contribution in [-0.4, -0.2) is 83.5 Å². The Balaban J connectivity index is 1.34. The first-order chi connectivity index (χ1) is 13.5. The van der Waals surface area contributed by atoms with Crippen molar-refractivity contribution in [2.24, 2.45) is 11.8 Å². The molecular weight excluding hydrogens is 362 g/mol. The highest BCUT2D eigenvalue weighted by Crippen LogP contribution is 2.33. The summed E-state index contributed by atoms with van der Waals surface area (Å²) in [6, 6.07) is 1.62. The minimum absolute atomic E-state index is 0.0480. The van der Waals surface area contributed by atoms with E-state index < -0.39 is 0 Å². The van der Waals surface area contributed by atoms with Crippen molar-refractivity contribution < 1.29 is 18.9 Å². The molecule has 3 saturated heterocycles. The number of fused-ring (bicyclic) bond motifs is 1. The number of aryl methyl sites for hydroxylation is 1. The number of nitrogens with zero attached hydrogens (tertiary/aromatic N) is 4. The van der Waals surface area contributed by atoms with Crippen LogP contribution in [0, 0.1) is 18.8 Å². The third kappa shape index (κ3) is 3.83. The number of urea groups is 1. The van der Waals surface area contributed by atoms with E-state index >= 15 is 0 Å². The lowest BCUT2D eigenvalue weighted by molar-refractivity contribution is -0.131. The van der Waals surface area contributed by atoms with E-state index in [4.69, 9.17) is 4.52 Å². The number of amides is 4. The highest BCUT2D eigenvalue weighted by atomic mass is 16.5. The maximum absolute atomic E-state index is 12.7. The third-order valence-corrected chi connectivity index (χ3v) is 6.17. The predicted octanol–water partition coefficient (Wildman–Crippen LogP) is 0.709. The molecule has 0 aromatic carbocycles. The van der Waals surface area contributed by atoms with Crippen molar-refractivity contribution in [2.75, 3.05) is 45.8 Å². The Bertz CT molecular complexity index is 763. The Morgan fingerprint density at radius 3 is 2.68 bits per heavy atom. The molecule has 9 nitrogen and oxygen atoms in total. The number of rotatable bonds is 4. The molecule has 152 valence electrons. The summed E-state index contributed by atoms with van der Waals surface area (Å²) in [4.78, 5) is 42.5. The fourth-order valence-corrected chi connectivity index (χ4v) is 4.49. The molecule has 3 aliphatic heterocycles. The molecule has 4 amide bonds. The maximum atomic E-state index is 12.7. The number of aromatic nitrogens is 1. The number of nitrogens with one attached hydrogen (secondary N) is 1. The van der Waals surface area contributed by atoms with Crippen molar-refractivity contribution in [2.45, 2.75) is 26.2 Å². The first-order valence-corrected chi connectivity index (χ1v) is 10.0. The Labute approximate surface area is 164 Å². The lowest BCUT2D eigenvalue weighted by Crippen LogP contribution is -2.44. The van der Waals surface area contributed by atoms with E-state index in [-0.39, 0.29) is 17.8 Å². The first kappa shape index (κ1) is 18.8. The minimum Gasteiger partial charge on any atom is -0.361 e. The summed E-state index contributed by atoms with van der Waals surface area (Å²) in [7, 11) is 0. The van der Waals surface area contributed by atoms with Crippen LogP contribution in [0.2, 0.25) is 0 Å². The number of carbonyl (C=O) groups excluding carboxylic acids is 3. The van der Waals surface area contributed by atoms with Gasteiger partial charge in [0.05, 0.1) is 0 Å². The van der Waals surface area contributed by atoms with Crippen LogP contribution in [-0.2, 0) is 4.79 Å². The molecule has 0 bridgehead atoms. The van der Waals surface area contributed by atoms with E-state index in [1.54, 1.807) is 17.9 Å². The SMILES string of the molecule is Cc1cc(C(=O)N2CCC3CC(=O)N(CCN4CCNC4=O)CCC3C2)no1. The second kappa shape index (κ2) is 7.81. The lowest BCUT2D eigenvalue weighted by Gasteiger charge is -2.36. The Hall–Kier alpha value is -2.58. The lowest BCUT2D eigenvalue weighted by atomic mass is 9.82. The van der Waals surface area contributed by atoms with Gasteiger partial charge < -0.3 is 24.5 Å². The predicted molar refractivity (Wildman–Crippen MR) is 99.5 cm³/mol. The molecule has 9 heteroatoms. The smallest absolute Gasteiger partial charge is 0.317 e. The van der Waals surface area contributed by atoms with Crippen molar-refractivity contribution in [3.63, 3.8) is 0 Å². The van der Waals surface area contributed by atoms with Gasteiger partial charge in [0.2, 0.25) is 5.91 Å². The van der Waals surface area contributed by atoms with Crippen LogP contribution in [0.3, 0.4) is 0 Å². The van der Waals surface area contributed by atoms with Gasteiger partial charge >= 0.3 is 6.03 Å². The molecule has 1 N–H and O–H groups in total. The van der Waals surface area contributed by atoms with Crippen molar-refractivity contribution in [1.29, 1.82) is 0 Å². The van der Waals surface area contributed by atoms with Crippen molar-refractivity contribution in [3.05, 3.63) is 17.5 Å². The average molecular weight is 389 g/mol. The Kier molecular flexibility index (Phi) is 5.23. The standard InChI is InChI=1S/C19H27N5O4/c1-13-10-16(21-28-13)18(26)24-6-2-14-11-17(25)22(5-3-15(14)12-24)8-9-23-7-4-20-19(23)27/h10,14-15H,2-9,11-12H2,1H3,(H,20,27). The molecule has 2 unspecified atom stereocenters. The van der Waals surface area contributed by atoms with Crippen molar-refractivity contribution in [3.8, 4) is 0 Å². The van der Waals surface area contributed by atoms with E-state index in [1.807, 2.05) is 9.80 Å². The highest BCUT2D eigenvalue weighted by molar-refractivity contribution is 5.92. The normalized spacial score (nSPS) is 25.5. The fourth-order valence-electron chi connectivity index (χ4n) is 4.49. The van der Waals surface area contributed by atoms with Gasteiger partial charge in [0.1, 0.15) is 5.76 Å². The molecular formula is C19H27N5O4. The minimum atomic E-state index is -0.0947. The van der Waals surface area contributed by atoms with E-state index in [9.17, 15) is 14.4 Å². The molecule has 3 aliphatic rings. The molecule has 4 rings (SSSR count). The van der Waals surface area contributed by atoms with Crippen LogP contribution < -0.4 is 5.32 Å². The molecule has 0 saturated carbocycles. The fraction of sp³-hybridized carbons (Fsp3) is 0.684. The van der Waals surface area contributed by atoms with Gasteiger partial charge in [0.25, 0.3) is 5.91 Å². The molecule has 4 heterocycles. The second-order valence-electron chi connectivity index (χ2n) is 7.98. The number of likely N-dealkylation sites (tertiary alicyclic amines) is 2. The first-order valence-electron chi connectivity index (χ1n) is 10.0. The zero-order chi connectivity index (χ0) is 19.7. The van der Waals surface area contributed by atoms with Gasteiger partial charge in [0, 0.05) is 58.3 Å². The summed E-state index contributed by atoms with van der Waals surface area (Å²) >= 11 is 0. The van der Waals surface area contributed by atoms with Crippen LogP contribution in [0.25, 0.3) is 0 Å². The zero-order valence-electron chi connectivity index (χ0n) is 16.2. The zero-order valence-corrected chi connectivity index (χ0v) is 16.2.